The predicted molar refractivity (Wildman–Crippen MR) is 95.1 cm³/mol. The molecule has 1 aliphatic rings. The Hall–Kier alpha value is -2.98. The molecule has 2 aromatic heterocycles. The first-order valence-electron chi connectivity index (χ1n) is 7.76. The van der Waals surface area contributed by atoms with Gasteiger partial charge in [0.05, 0.1) is 22.4 Å². The summed E-state index contributed by atoms with van der Waals surface area (Å²) in [5.41, 5.74) is 13.9. The van der Waals surface area contributed by atoms with Crippen LogP contribution in [-0.2, 0) is 7.05 Å². The second-order valence-corrected chi connectivity index (χ2v) is 6.46. The summed E-state index contributed by atoms with van der Waals surface area (Å²) in [6.45, 7) is 0. The van der Waals surface area contributed by atoms with Gasteiger partial charge in [-0.25, -0.2) is 4.98 Å². The van der Waals surface area contributed by atoms with Crippen molar-refractivity contribution in [1.29, 1.82) is 0 Å². The van der Waals surface area contributed by atoms with Crippen LogP contribution in [0.2, 0.25) is 5.02 Å². The lowest BCUT2D eigenvalue weighted by Crippen LogP contribution is -2.14. The Bertz CT molecular complexity index is 1080. The van der Waals surface area contributed by atoms with E-state index in [1.54, 1.807) is 7.05 Å². The van der Waals surface area contributed by atoms with E-state index in [1.165, 1.54) is 17.5 Å². The highest BCUT2D eigenvalue weighted by Gasteiger charge is 2.25. The third kappa shape index (κ3) is 2.61. The van der Waals surface area contributed by atoms with Gasteiger partial charge in [0, 0.05) is 18.7 Å². The molecule has 1 aliphatic carbocycles. The van der Waals surface area contributed by atoms with Gasteiger partial charge in [0.25, 0.3) is 5.91 Å². The van der Waals surface area contributed by atoms with Crippen LogP contribution in [0.5, 0.6) is 0 Å². The lowest BCUT2D eigenvalue weighted by Gasteiger charge is -2.02. The molecule has 126 valence electrons. The minimum Gasteiger partial charge on any atom is -0.383 e. The molecule has 0 atom stereocenters. The molecule has 1 saturated carbocycles. The first-order chi connectivity index (χ1) is 12.0. The minimum atomic E-state index is -0.667. The number of rotatable bonds is 2. The van der Waals surface area contributed by atoms with Crippen molar-refractivity contribution in [2.45, 2.75) is 18.9 Å². The fourth-order valence-electron chi connectivity index (χ4n) is 2.78. The standard InChI is InChI=1S/C17H15ClN6O/c1-23-16(19)15(17(20)25)12(22-23)5-2-9-6-13-14(7-11(9)18)24(8-21-13)10-3-4-10/h6-8,10H,3-4,19H2,1H3,(H2,20,25). The van der Waals surface area contributed by atoms with Gasteiger partial charge in [-0.2, -0.15) is 5.10 Å². The number of aryl methyl sites for hydroxylation is 1. The summed E-state index contributed by atoms with van der Waals surface area (Å²) in [6.07, 6.45) is 4.17. The summed E-state index contributed by atoms with van der Waals surface area (Å²) >= 11 is 6.38. The van der Waals surface area contributed by atoms with Crippen molar-refractivity contribution in [2.75, 3.05) is 5.73 Å². The summed E-state index contributed by atoms with van der Waals surface area (Å²) in [6, 6.07) is 4.22. The number of primary amides is 1. The third-order valence-electron chi connectivity index (χ3n) is 4.26. The fraction of sp³-hybridized carbons (Fsp3) is 0.235. The maximum absolute atomic E-state index is 11.6. The molecule has 0 bridgehead atoms. The number of nitrogens with two attached hydrogens (primary N) is 2. The van der Waals surface area contributed by atoms with E-state index in [0.717, 1.165) is 11.0 Å². The van der Waals surface area contributed by atoms with Gasteiger partial charge < -0.3 is 16.0 Å². The summed E-state index contributed by atoms with van der Waals surface area (Å²) in [5, 5.41) is 4.65. The van der Waals surface area contributed by atoms with Gasteiger partial charge in [-0.1, -0.05) is 17.5 Å². The first-order valence-corrected chi connectivity index (χ1v) is 8.14. The van der Waals surface area contributed by atoms with Crippen LogP contribution < -0.4 is 11.5 Å². The Labute approximate surface area is 148 Å². The molecule has 2 heterocycles. The van der Waals surface area contributed by atoms with E-state index in [4.69, 9.17) is 23.1 Å². The van der Waals surface area contributed by atoms with E-state index < -0.39 is 5.91 Å². The van der Waals surface area contributed by atoms with Crippen molar-refractivity contribution in [3.8, 4) is 11.8 Å². The zero-order valence-corrected chi connectivity index (χ0v) is 14.2. The number of nitrogen functional groups attached to an aromatic ring is 1. The van der Waals surface area contributed by atoms with Gasteiger partial charge in [-0.3, -0.25) is 9.48 Å². The molecule has 0 spiro atoms. The number of hydrogen-bond donors (Lipinski definition) is 2. The van der Waals surface area contributed by atoms with Crippen molar-refractivity contribution in [2.24, 2.45) is 12.8 Å². The van der Waals surface area contributed by atoms with Crippen molar-refractivity contribution >= 4 is 34.4 Å². The average Bonchev–Trinajstić information content (AvgIpc) is 3.26. The number of hydrogen-bond acceptors (Lipinski definition) is 4. The number of aromatic nitrogens is 4. The van der Waals surface area contributed by atoms with Crippen LogP contribution in [0.4, 0.5) is 5.82 Å². The topological polar surface area (TPSA) is 105 Å². The number of anilines is 1. The molecular weight excluding hydrogens is 340 g/mol. The largest absolute Gasteiger partial charge is 0.383 e. The normalized spacial score (nSPS) is 13.7. The highest BCUT2D eigenvalue weighted by molar-refractivity contribution is 6.32. The number of fused-ring (bicyclic) bond motifs is 1. The van der Waals surface area contributed by atoms with Crippen molar-refractivity contribution in [3.05, 3.63) is 40.3 Å². The molecular formula is C17H15ClN6O. The molecule has 4 N–H and O–H groups in total. The van der Waals surface area contributed by atoms with E-state index in [-0.39, 0.29) is 17.1 Å². The van der Waals surface area contributed by atoms with Crippen LogP contribution in [-0.4, -0.2) is 25.2 Å². The van der Waals surface area contributed by atoms with Crippen LogP contribution >= 0.6 is 11.6 Å². The number of carbonyl (C=O) groups is 1. The Kier molecular flexibility index (Phi) is 3.44. The van der Waals surface area contributed by atoms with Gasteiger partial charge in [0.1, 0.15) is 11.4 Å². The zero-order valence-electron chi connectivity index (χ0n) is 13.5. The van der Waals surface area contributed by atoms with Gasteiger partial charge in [-0.05, 0) is 30.9 Å². The third-order valence-corrected chi connectivity index (χ3v) is 4.57. The van der Waals surface area contributed by atoms with E-state index in [2.05, 4.69) is 26.5 Å². The van der Waals surface area contributed by atoms with Crippen molar-refractivity contribution in [1.82, 2.24) is 19.3 Å². The lowest BCUT2D eigenvalue weighted by atomic mass is 10.1. The second-order valence-electron chi connectivity index (χ2n) is 6.05. The zero-order chi connectivity index (χ0) is 17.7. The number of halogens is 1. The van der Waals surface area contributed by atoms with Crippen LogP contribution in [0, 0.1) is 11.8 Å². The SMILES string of the molecule is Cn1nc(C#Cc2cc3ncn(C4CC4)c3cc2Cl)c(C(N)=O)c1N. The first kappa shape index (κ1) is 15.5. The molecule has 0 radical (unpaired) electrons. The number of carbonyl (C=O) groups excluding carboxylic acids is 1. The molecule has 0 unspecified atom stereocenters. The Balaban J connectivity index is 1.77. The van der Waals surface area contributed by atoms with Gasteiger partial charge >= 0.3 is 0 Å². The van der Waals surface area contributed by atoms with Crippen molar-refractivity contribution in [3.63, 3.8) is 0 Å². The molecule has 0 aliphatic heterocycles. The summed E-state index contributed by atoms with van der Waals surface area (Å²) < 4.78 is 3.51. The van der Waals surface area contributed by atoms with E-state index in [0.29, 0.717) is 16.6 Å². The quantitative estimate of drug-likeness (QED) is 0.685. The van der Waals surface area contributed by atoms with Crippen molar-refractivity contribution < 1.29 is 4.79 Å². The van der Waals surface area contributed by atoms with E-state index >= 15 is 0 Å². The van der Waals surface area contributed by atoms with Crippen LogP contribution in [0.1, 0.15) is 40.5 Å². The predicted octanol–water partition coefficient (Wildman–Crippen LogP) is 1.84. The maximum atomic E-state index is 11.6. The summed E-state index contributed by atoms with van der Waals surface area (Å²) in [7, 11) is 1.62. The maximum Gasteiger partial charge on any atom is 0.255 e. The van der Waals surface area contributed by atoms with Gasteiger partial charge in [0.2, 0.25) is 0 Å². The van der Waals surface area contributed by atoms with Gasteiger partial charge in [-0.15, -0.1) is 0 Å². The Morgan fingerprint density at radius 1 is 1.36 bits per heavy atom. The monoisotopic (exact) mass is 354 g/mol. The summed E-state index contributed by atoms with van der Waals surface area (Å²) in [4.78, 5) is 16.0. The van der Waals surface area contributed by atoms with Crippen LogP contribution in [0.3, 0.4) is 0 Å². The number of imidazole rings is 1. The smallest absolute Gasteiger partial charge is 0.255 e. The minimum absolute atomic E-state index is 0.116. The Morgan fingerprint density at radius 3 is 2.80 bits per heavy atom. The molecule has 8 heteroatoms. The second kappa shape index (κ2) is 5.53. The number of amides is 1. The lowest BCUT2D eigenvalue weighted by molar-refractivity contribution is 0.100. The van der Waals surface area contributed by atoms with E-state index in [1.807, 2.05) is 18.5 Å². The van der Waals surface area contributed by atoms with E-state index in [9.17, 15) is 4.79 Å². The fourth-order valence-corrected chi connectivity index (χ4v) is 2.99. The molecule has 1 fully saturated rings. The summed E-state index contributed by atoms with van der Waals surface area (Å²) in [5.74, 6) is 5.29. The molecule has 1 amide bonds. The van der Waals surface area contributed by atoms with Crippen LogP contribution in [0.25, 0.3) is 11.0 Å². The Morgan fingerprint density at radius 2 is 2.12 bits per heavy atom. The highest BCUT2D eigenvalue weighted by Crippen LogP contribution is 2.37. The molecule has 25 heavy (non-hydrogen) atoms. The van der Waals surface area contributed by atoms with Gasteiger partial charge in [0.15, 0.2) is 5.69 Å². The molecule has 3 aromatic rings. The van der Waals surface area contributed by atoms with Crippen LogP contribution in [0.15, 0.2) is 18.5 Å². The molecule has 4 rings (SSSR count). The molecule has 1 aromatic carbocycles. The molecule has 0 saturated heterocycles. The average molecular weight is 355 g/mol. The molecule has 7 nitrogen and oxygen atoms in total. The number of benzene rings is 1. The number of nitrogens with zero attached hydrogens (tertiary/aromatic N) is 4. The highest BCUT2D eigenvalue weighted by atomic mass is 35.5.